The zero-order valence-electron chi connectivity index (χ0n) is 11.6. The van der Waals surface area contributed by atoms with Crippen molar-refractivity contribution in [1.82, 2.24) is 5.32 Å². The lowest BCUT2D eigenvalue weighted by atomic mass is 9.75. The van der Waals surface area contributed by atoms with Gasteiger partial charge >= 0.3 is 0 Å². The summed E-state index contributed by atoms with van der Waals surface area (Å²) in [5.74, 6) is 0. The molecule has 0 spiro atoms. The Morgan fingerprint density at radius 3 is 2.60 bits per heavy atom. The van der Waals surface area contributed by atoms with E-state index in [4.69, 9.17) is 27.9 Å². The predicted octanol–water partition coefficient (Wildman–Crippen LogP) is 4.08. The molecule has 2 nitrogen and oxygen atoms in total. The van der Waals surface area contributed by atoms with Crippen LogP contribution >= 0.6 is 23.2 Å². The molecule has 1 heterocycles. The summed E-state index contributed by atoms with van der Waals surface area (Å²) in [6.45, 7) is 2.79. The van der Waals surface area contributed by atoms with Crippen molar-refractivity contribution in [2.75, 3.05) is 19.8 Å². The van der Waals surface area contributed by atoms with Gasteiger partial charge in [0, 0.05) is 35.8 Å². The van der Waals surface area contributed by atoms with Gasteiger partial charge in [-0.25, -0.2) is 0 Å². The minimum Gasteiger partial charge on any atom is -0.381 e. The topological polar surface area (TPSA) is 21.3 Å². The Morgan fingerprint density at radius 2 is 1.95 bits per heavy atom. The van der Waals surface area contributed by atoms with Crippen LogP contribution in [0.4, 0.5) is 0 Å². The molecule has 1 N–H and O–H groups in total. The van der Waals surface area contributed by atoms with E-state index >= 15 is 0 Å². The number of hydrogen-bond acceptors (Lipinski definition) is 2. The highest BCUT2D eigenvalue weighted by atomic mass is 35.5. The summed E-state index contributed by atoms with van der Waals surface area (Å²) < 4.78 is 5.55. The summed E-state index contributed by atoms with van der Waals surface area (Å²) in [4.78, 5) is 0. The van der Waals surface area contributed by atoms with Crippen LogP contribution in [0.25, 0.3) is 0 Å². The van der Waals surface area contributed by atoms with Crippen molar-refractivity contribution >= 4 is 23.2 Å². The molecule has 1 aliphatic carbocycles. The van der Waals surface area contributed by atoms with Gasteiger partial charge in [0.05, 0.1) is 0 Å². The lowest BCUT2D eigenvalue weighted by Gasteiger charge is -2.38. The zero-order valence-corrected chi connectivity index (χ0v) is 13.1. The van der Waals surface area contributed by atoms with Crippen LogP contribution in [0.1, 0.15) is 31.2 Å². The smallest absolute Gasteiger partial charge is 0.0471 e. The summed E-state index contributed by atoms with van der Waals surface area (Å²) in [5, 5.41) is 5.18. The minimum absolute atomic E-state index is 0.276. The van der Waals surface area contributed by atoms with Crippen molar-refractivity contribution in [2.24, 2.45) is 5.41 Å². The monoisotopic (exact) mass is 313 g/mol. The molecule has 1 aromatic carbocycles. The summed E-state index contributed by atoms with van der Waals surface area (Å²) in [5.41, 5.74) is 1.48. The van der Waals surface area contributed by atoms with Gasteiger partial charge in [-0.2, -0.15) is 0 Å². The second kappa shape index (κ2) is 6.23. The van der Waals surface area contributed by atoms with Gasteiger partial charge in [-0.15, -0.1) is 0 Å². The van der Waals surface area contributed by atoms with Gasteiger partial charge in [-0.3, -0.25) is 0 Å². The second-order valence-corrected chi connectivity index (χ2v) is 7.02. The highest BCUT2D eigenvalue weighted by Gasteiger charge is 2.35. The van der Waals surface area contributed by atoms with E-state index in [-0.39, 0.29) is 5.41 Å². The average Bonchev–Trinajstić information content (AvgIpc) is 3.25. The number of hydrogen-bond donors (Lipinski definition) is 1. The van der Waals surface area contributed by atoms with Crippen LogP contribution in [0.2, 0.25) is 10.0 Å². The molecular weight excluding hydrogens is 293 g/mol. The van der Waals surface area contributed by atoms with Gasteiger partial charge in [-0.1, -0.05) is 29.3 Å². The molecule has 0 aromatic heterocycles. The number of nitrogens with one attached hydrogen (secondary N) is 1. The first-order valence-corrected chi connectivity index (χ1v) is 8.18. The van der Waals surface area contributed by atoms with Crippen LogP contribution in [-0.2, 0) is 11.2 Å². The van der Waals surface area contributed by atoms with Crippen LogP contribution in [0.5, 0.6) is 0 Å². The van der Waals surface area contributed by atoms with Crippen molar-refractivity contribution in [2.45, 2.75) is 38.1 Å². The third-order valence-electron chi connectivity index (χ3n) is 4.48. The Bertz CT molecular complexity index is 468. The van der Waals surface area contributed by atoms with Crippen LogP contribution in [-0.4, -0.2) is 25.8 Å². The predicted molar refractivity (Wildman–Crippen MR) is 83.7 cm³/mol. The standard InChI is InChI=1S/C16H21Cl2NO/c17-13-2-1-12(15(18)9-13)10-16(5-7-20-8-6-16)11-19-14-3-4-14/h1-2,9,14,19H,3-8,10-11H2. The molecule has 0 amide bonds. The third-order valence-corrected chi connectivity index (χ3v) is 5.06. The summed E-state index contributed by atoms with van der Waals surface area (Å²) in [6.07, 6.45) is 5.87. The molecule has 1 aromatic rings. The molecule has 0 unspecified atom stereocenters. The zero-order chi connectivity index (χ0) is 14.0. The van der Waals surface area contributed by atoms with E-state index in [1.807, 2.05) is 12.1 Å². The first-order chi connectivity index (χ1) is 9.67. The summed E-state index contributed by atoms with van der Waals surface area (Å²) >= 11 is 12.3. The molecule has 0 bridgehead atoms. The number of rotatable bonds is 5. The minimum atomic E-state index is 0.276. The molecular formula is C16H21Cl2NO. The number of halogens is 2. The SMILES string of the molecule is Clc1ccc(CC2(CNC3CC3)CCOCC2)c(Cl)c1. The van der Waals surface area contributed by atoms with Crippen LogP contribution in [0.3, 0.4) is 0 Å². The van der Waals surface area contributed by atoms with E-state index in [0.29, 0.717) is 5.02 Å². The van der Waals surface area contributed by atoms with Crippen molar-refractivity contribution in [3.8, 4) is 0 Å². The summed E-state index contributed by atoms with van der Waals surface area (Å²) in [6, 6.07) is 6.60. The van der Waals surface area contributed by atoms with E-state index in [2.05, 4.69) is 11.4 Å². The molecule has 1 saturated carbocycles. The molecule has 0 atom stereocenters. The summed E-state index contributed by atoms with van der Waals surface area (Å²) in [7, 11) is 0. The van der Waals surface area contributed by atoms with Gasteiger partial charge in [0.15, 0.2) is 0 Å². The van der Waals surface area contributed by atoms with Gasteiger partial charge in [0.25, 0.3) is 0 Å². The maximum atomic E-state index is 6.35. The van der Waals surface area contributed by atoms with E-state index in [9.17, 15) is 0 Å². The Morgan fingerprint density at radius 1 is 1.20 bits per heavy atom. The second-order valence-electron chi connectivity index (χ2n) is 6.18. The number of ether oxygens (including phenoxy) is 1. The largest absolute Gasteiger partial charge is 0.381 e. The highest BCUT2D eigenvalue weighted by Crippen LogP contribution is 2.37. The molecule has 1 aliphatic heterocycles. The molecule has 4 heteroatoms. The Balaban J connectivity index is 1.73. The first kappa shape index (κ1) is 14.6. The maximum absolute atomic E-state index is 6.35. The fraction of sp³-hybridized carbons (Fsp3) is 0.625. The lowest BCUT2D eigenvalue weighted by Crippen LogP contribution is -2.41. The first-order valence-electron chi connectivity index (χ1n) is 7.42. The maximum Gasteiger partial charge on any atom is 0.0471 e. The molecule has 110 valence electrons. The molecule has 20 heavy (non-hydrogen) atoms. The van der Waals surface area contributed by atoms with Gasteiger partial charge in [0.1, 0.15) is 0 Å². The van der Waals surface area contributed by atoms with Crippen LogP contribution in [0, 0.1) is 5.41 Å². The van der Waals surface area contributed by atoms with E-state index in [0.717, 1.165) is 50.1 Å². The normalized spacial score (nSPS) is 21.9. The van der Waals surface area contributed by atoms with E-state index in [1.54, 1.807) is 0 Å². The van der Waals surface area contributed by atoms with Gasteiger partial charge < -0.3 is 10.1 Å². The van der Waals surface area contributed by atoms with Gasteiger partial charge in [-0.05, 0) is 55.2 Å². The highest BCUT2D eigenvalue weighted by molar-refractivity contribution is 6.35. The molecule has 3 rings (SSSR count). The Labute approximate surface area is 130 Å². The van der Waals surface area contributed by atoms with E-state index < -0.39 is 0 Å². The quantitative estimate of drug-likeness (QED) is 0.884. The fourth-order valence-electron chi connectivity index (χ4n) is 2.94. The molecule has 2 aliphatic rings. The van der Waals surface area contributed by atoms with Crippen molar-refractivity contribution in [1.29, 1.82) is 0 Å². The van der Waals surface area contributed by atoms with Crippen molar-refractivity contribution < 1.29 is 4.74 Å². The van der Waals surface area contributed by atoms with Gasteiger partial charge in [0.2, 0.25) is 0 Å². The van der Waals surface area contributed by atoms with E-state index in [1.165, 1.54) is 18.4 Å². The van der Waals surface area contributed by atoms with Crippen molar-refractivity contribution in [3.05, 3.63) is 33.8 Å². The number of benzene rings is 1. The van der Waals surface area contributed by atoms with Crippen LogP contribution < -0.4 is 5.32 Å². The Kier molecular flexibility index (Phi) is 4.56. The lowest BCUT2D eigenvalue weighted by molar-refractivity contribution is 0.0147. The molecule has 0 radical (unpaired) electrons. The third kappa shape index (κ3) is 3.67. The average molecular weight is 314 g/mol. The molecule has 1 saturated heterocycles. The molecule has 2 fully saturated rings. The fourth-order valence-corrected chi connectivity index (χ4v) is 3.41. The Hall–Kier alpha value is -0.280. The van der Waals surface area contributed by atoms with Crippen LogP contribution in [0.15, 0.2) is 18.2 Å². The van der Waals surface area contributed by atoms with Crippen molar-refractivity contribution in [3.63, 3.8) is 0 Å².